The zero-order valence-corrected chi connectivity index (χ0v) is 11.2. The first-order valence-corrected chi connectivity index (χ1v) is 7.06. The zero-order chi connectivity index (χ0) is 11.8. The lowest BCUT2D eigenvalue weighted by atomic mass is 9.62. The summed E-state index contributed by atoms with van der Waals surface area (Å²) in [6.45, 7) is 9.30. The van der Waals surface area contributed by atoms with Crippen LogP contribution in [0, 0.1) is 28.6 Å². The SMILES string of the molecule is C[C@@H]1CC[C@@]23[C@H]1CC[C@@]2(C)C[C@@](C)(O)[C@H]3C. The van der Waals surface area contributed by atoms with Gasteiger partial charge in [-0.3, -0.25) is 0 Å². The molecule has 0 bridgehead atoms. The van der Waals surface area contributed by atoms with Gasteiger partial charge in [0.25, 0.3) is 0 Å². The molecule has 3 fully saturated rings. The Balaban J connectivity index is 2.10. The molecular weight excluding hydrogens is 196 g/mol. The van der Waals surface area contributed by atoms with E-state index in [0.717, 1.165) is 18.3 Å². The third kappa shape index (κ3) is 0.978. The molecule has 0 unspecified atom stereocenters. The summed E-state index contributed by atoms with van der Waals surface area (Å²) in [6.07, 6.45) is 6.55. The first-order chi connectivity index (χ1) is 7.33. The number of aliphatic hydroxyl groups is 1. The molecule has 1 nitrogen and oxygen atoms in total. The molecule has 1 heteroatoms. The maximum absolute atomic E-state index is 10.7. The molecule has 3 rings (SSSR count). The van der Waals surface area contributed by atoms with Gasteiger partial charge in [-0.2, -0.15) is 0 Å². The van der Waals surface area contributed by atoms with E-state index >= 15 is 0 Å². The molecule has 3 aliphatic carbocycles. The highest BCUT2D eigenvalue weighted by molar-refractivity contribution is 5.20. The molecule has 3 aliphatic rings. The largest absolute Gasteiger partial charge is 0.390 e. The van der Waals surface area contributed by atoms with E-state index in [2.05, 4.69) is 27.7 Å². The Hall–Kier alpha value is -0.0400. The second-order valence-corrected chi connectivity index (χ2v) is 7.52. The first-order valence-electron chi connectivity index (χ1n) is 7.06. The fraction of sp³-hybridized carbons (Fsp3) is 1.00. The van der Waals surface area contributed by atoms with Gasteiger partial charge in [0, 0.05) is 0 Å². The molecule has 0 amide bonds. The Kier molecular flexibility index (Phi) is 1.98. The average molecular weight is 222 g/mol. The normalized spacial score (nSPS) is 64.7. The lowest BCUT2D eigenvalue weighted by molar-refractivity contribution is -0.0179. The maximum atomic E-state index is 10.7. The first kappa shape index (κ1) is 11.1. The van der Waals surface area contributed by atoms with Gasteiger partial charge >= 0.3 is 0 Å². The predicted octanol–water partition coefficient (Wildman–Crippen LogP) is 3.61. The molecule has 0 heterocycles. The second kappa shape index (κ2) is 2.85. The summed E-state index contributed by atoms with van der Waals surface area (Å²) < 4.78 is 0. The van der Waals surface area contributed by atoms with E-state index in [-0.39, 0.29) is 0 Å². The summed E-state index contributed by atoms with van der Waals surface area (Å²) >= 11 is 0. The van der Waals surface area contributed by atoms with Gasteiger partial charge in [0.1, 0.15) is 0 Å². The highest BCUT2D eigenvalue weighted by Crippen LogP contribution is 2.76. The fourth-order valence-corrected chi connectivity index (χ4v) is 6.17. The van der Waals surface area contributed by atoms with Crippen molar-refractivity contribution in [2.75, 3.05) is 0 Å². The lowest BCUT2D eigenvalue weighted by Gasteiger charge is -2.42. The van der Waals surface area contributed by atoms with E-state index in [1.165, 1.54) is 25.7 Å². The van der Waals surface area contributed by atoms with Crippen molar-refractivity contribution in [3.05, 3.63) is 0 Å². The van der Waals surface area contributed by atoms with E-state index in [4.69, 9.17) is 0 Å². The van der Waals surface area contributed by atoms with Crippen molar-refractivity contribution in [3.8, 4) is 0 Å². The van der Waals surface area contributed by atoms with E-state index in [1.54, 1.807) is 0 Å². The van der Waals surface area contributed by atoms with Gasteiger partial charge in [0.15, 0.2) is 0 Å². The quantitative estimate of drug-likeness (QED) is 0.664. The molecule has 0 aromatic rings. The van der Waals surface area contributed by atoms with Crippen LogP contribution >= 0.6 is 0 Å². The summed E-state index contributed by atoms with van der Waals surface area (Å²) in [5.74, 6) is 2.27. The highest BCUT2D eigenvalue weighted by atomic mass is 16.3. The average Bonchev–Trinajstić information content (AvgIpc) is 2.68. The minimum Gasteiger partial charge on any atom is -0.390 e. The standard InChI is InChI=1S/C15H26O/c1-10-5-8-15-11(2)14(4,16)9-13(15,3)7-6-12(10)15/h10-12,16H,5-9H2,1-4H3/t10-,11-,12+,13+,14-,15-/m1/s1. The van der Waals surface area contributed by atoms with Crippen molar-refractivity contribution in [3.63, 3.8) is 0 Å². The molecule has 6 atom stereocenters. The van der Waals surface area contributed by atoms with Crippen LogP contribution in [0.15, 0.2) is 0 Å². The number of hydrogen-bond donors (Lipinski definition) is 1. The molecule has 16 heavy (non-hydrogen) atoms. The minimum absolute atomic E-state index is 0.419. The van der Waals surface area contributed by atoms with Gasteiger partial charge in [0.05, 0.1) is 5.60 Å². The zero-order valence-electron chi connectivity index (χ0n) is 11.2. The van der Waals surface area contributed by atoms with Gasteiger partial charge in [-0.1, -0.05) is 20.8 Å². The van der Waals surface area contributed by atoms with Gasteiger partial charge < -0.3 is 5.11 Å². The highest BCUT2D eigenvalue weighted by Gasteiger charge is 2.71. The van der Waals surface area contributed by atoms with Crippen molar-refractivity contribution in [2.45, 2.75) is 65.4 Å². The molecule has 1 N–H and O–H groups in total. The van der Waals surface area contributed by atoms with E-state index in [1.807, 2.05) is 0 Å². The summed E-state index contributed by atoms with van der Waals surface area (Å²) in [5.41, 5.74) is 0.471. The van der Waals surface area contributed by atoms with Crippen LogP contribution in [0.1, 0.15) is 59.8 Å². The van der Waals surface area contributed by atoms with Crippen LogP contribution in [0.25, 0.3) is 0 Å². The van der Waals surface area contributed by atoms with Crippen LogP contribution in [0.3, 0.4) is 0 Å². The molecular formula is C15H26O. The second-order valence-electron chi connectivity index (χ2n) is 7.52. The van der Waals surface area contributed by atoms with E-state index < -0.39 is 5.60 Å². The fourth-order valence-electron chi connectivity index (χ4n) is 6.17. The monoisotopic (exact) mass is 222 g/mol. The molecule has 0 aliphatic heterocycles. The van der Waals surface area contributed by atoms with Crippen molar-refractivity contribution in [1.82, 2.24) is 0 Å². The van der Waals surface area contributed by atoms with Crippen LogP contribution < -0.4 is 0 Å². The van der Waals surface area contributed by atoms with Gasteiger partial charge in [-0.25, -0.2) is 0 Å². The molecule has 0 radical (unpaired) electrons. The molecule has 92 valence electrons. The van der Waals surface area contributed by atoms with Crippen molar-refractivity contribution < 1.29 is 5.11 Å². The minimum atomic E-state index is -0.419. The summed E-state index contributed by atoms with van der Waals surface area (Å²) in [5, 5.41) is 10.7. The van der Waals surface area contributed by atoms with E-state index in [0.29, 0.717) is 16.7 Å². The summed E-state index contributed by atoms with van der Waals surface area (Å²) in [7, 11) is 0. The van der Waals surface area contributed by atoms with E-state index in [9.17, 15) is 5.11 Å². The van der Waals surface area contributed by atoms with Crippen molar-refractivity contribution in [1.29, 1.82) is 0 Å². The Bertz CT molecular complexity index is 321. The predicted molar refractivity (Wildman–Crippen MR) is 66.1 cm³/mol. The smallest absolute Gasteiger partial charge is 0.0656 e. The van der Waals surface area contributed by atoms with Crippen LogP contribution in [-0.4, -0.2) is 10.7 Å². The van der Waals surface area contributed by atoms with Gasteiger partial charge in [-0.15, -0.1) is 0 Å². The van der Waals surface area contributed by atoms with Crippen LogP contribution in [0.2, 0.25) is 0 Å². The number of rotatable bonds is 0. The maximum Gasteiger partial charge on any atom is 0.0656 e. The van der Waals surface area contributed by atoms with Gasteiger partial charge in [0.2, 0.25) is 0 Å². The van der Waals surface area contributed by atoms with Crippen LogP contribution in [-0.2, 0) is 0 Å². The molecule has 0 aromatic heterocycles. The third-order valence-electron chi connectivity index (χ3n) is 6.95. The third-order valence-corrected chi connectivity index (χ3v) is 6.95. The molecule has 0 aromatic carbocycles. The number of hydrogen-bond acceptors (Lipinski definition) is 1. The van der Waals surface area contributed by atoms with Crippen LogP contribution in [0.5, 0.6) is 0 Å². The Morgan fingerprint density at radius 1 is 1.06 bits per heavy atom. The summed E-state index contributed by atoms with van der Waals surface area (Å²) in [4.78, 5) is 0. The lowest BCUT2D eigenvalue weighted by Crippen LogP contribution is -2.40. The Morgan fingerprint density at radius 3 is 2.44 bits per heavy atom. The Labute approximate surface area is 99.6 Å². The summed E-state index contributed by atoms with van der Waals surface area (Å²) in [6, 6.07) is 0. The van der Waals surface area contributed by atoms with Crippen molar-refractivity contribution in [2.24, 2.45) is 28.6 Å². The molecule has 0 saturated heterocycles. The topological polar surface area (TPSA) is 20.2 Å². The van der Waals surface area contributed by atoms with Crippen molar-refractivity contribution >= 4 is 0 Å². The van der Waals surface area contributed by atoms with Crippen LogP contribution in [0.4, 0.5) is 0 Å². The molecule has 3 saturated carbocycles. The van der Waals surface area contributed by atoms with Gasteiger partial charge in [-0.05, 0) is 67.6 Å². The Morgan fingerprint density at radius 2 is 1.75 bits per heavy atom. The molecule has 1 spiro atoms.